The van der Waals surface area contributed by atoms with Crippen molar-refractivity contribution in [1.82, 2.24) is 16.0 Å². The van der Waals surface area contributed by atoms with E-state index >= 15 is 0 Å². The van der Waals surface area contributed by atoms with Gasteiger partial charge in [0.1, 0.15) is 28.9 Å². The number of hydrogen-bond donors (Lipinski definition) is 3. The van der Waals surface area contributed by atoms with Crippen molar-refractivity contribution in [3.8, 4) is 0 Å². The maximum absolute atomic E-state index is 13.0. The Hall–Kier alpha value is -2.66. The van der Waals surface area contributed by atoms with E-state index in [1.807, 2.05) is 24.3 Å². The van der Waals surface area contributed by atoms with Gasteiger partial charge < -0.3 is 30.2 Å². The quantitative estimate of drug-likeness (QED) is 0.135. The van der Waals surface area contributed by atoms with Gasteiger partial charge in [0.2, 0.25) is 0 Å². The molecule has 11 heteroatoms. The van der Waals surface area contributed by atoms with Gasteiger partial charge in [-0.2, -0.15) is 0 Å². The molecule has 238 valence electrons. The summed E-state index contributed by atoms with van der Waals surface area (Å²) in [5.41, 5.74) is -1.07. The van der Waals surface area contributed by atoms with Crippen LogP contribution in [0, 0.1) is 0 Å². The zero-order chi connectivity index (χ0) is 32.1. The van der Waals surface area contributed by atoms with Crippen molar-refractivity contribution >= 4 is 39.9 Å². The van der Waals surface area contributed by atoms with Crippen molar-refractivity contribution in [2.24, 2.45) is 0 Å². The molecule has 42 heavy (non-hydrogen) atoms. The van der Waals surface area contributed by atoms with Gasteiger partial charge in [-0.05, 0) is 112 Å². The summed E-state index contributed by atoms with van der Waals surface area (Å²) in [7, 11) is 0. The third-order valence-electron chi connectivity index (χ3n) is 5.39. The fourth-order valence-corrected chi connectivity index (χ4v) is 3.95. The van der Waals surface area contributed by atoms with E-state index < -0.39 is 52.8 Å². The molecule has 0 heterocycles. The lowest BCUT2D eigenvalue weighted by Crippen LogP contribution is -2.53. The fraction of sp³-hybridized carbons (Fsp3) is 0.677. The molecular formula is C31H50BrN3O7. The van der Waals surface area contributed by atoms with Crippen LogP contribution < -0.4 is 16.0 Å². The fourth-order valence-electron chi connectivity index (χ4n) is 3.69. The highest BCUT2D eigenvalue weighted by atomic mass is 79.9. The second-order valence-electron chi connectivity index (χ2n) is 13.2. The molecule has 1 aromatic rings. The van der Waals surface area contributed by atoms with E-state index in [2.05, 4.69) is 31.9 Å². The normalized spacial score (nSPS) is 13.5. The number of carbonyl (C=O) groups is 4. The molecule has 2 unspecified atom stereocenters. The Labute approximate surface area is 259 Å². The number of unbranched alkanes of at least 4 members (excludes halogenated alkanes) is 1. The predicted octanol–water partition coefficient (Wildman–Crippen LogP) is 5.55. The Morgan fingerprint density at radius 1 is 0.714 bits per heavy atom. The maximum Gasteiger partial charge on any atom is 0.329 e. The Morgan fingerprint density at radius 3 is 1.67 bits per heavy atom. The molecular weight excluding hydrogens is 606 g/mol. The van der Waals surface area contributed by atoms with Gasteiger partial charge in [0.05, 0.1) is 0 Å². The van der Waals surface area contributed by atoms with E-state index in [1.54, 1.807) is 62.3 Å². The van der Waals surface area contributed by atoms with Gasteiger partial charge in [-0.25, -0.2) is 14.4 Å². The summed E-state index contributed by atoms with van der Waals surface area (Å²) in [6, 6.07) is 5.26. The molecule has 0 aliphatic carbocycles. The van der Waals surface area contributed by atoms with Crippen molar-refractivity contribution in [3.63, 3.8) is 0 Å². The van der Waals surface area contributed by atoms with Crippen molar-refractivity contribution in [2.75, 3.05) is 6.54 Å². The molecule has 1 rings (SSSR count). The molecule has 0 bridgehead atoms. The number of ether oxygens (including phenoxy) is 3. The lowest BCUT2D eigenvalue weighted by atomic mass is 10.1. The van der Waals surface area contributed by atoms with Crippen LogP contribution in [0.3, 0.4) is 0 Å². The first-order chi connectivity index (χ1) is 19.2. The van der Waals surface area contributed by atoms with Crippen molar-refractivity contribution in [2.45, 2.75) is 130 Å². The zero-order valence-corrected chi connectivity index (χ0v) is 28.2. The predicted molar refractivity (Wildman–Crippen MR) is 166 cm³/mol. The van der Waals surface area contributed by atoms with Gasteiger partial charge in [-0.1, -0.05) is 28.1 Å². The number of benzene rings is 1. The summed E-state index contributed by atoms with van der Waals surface area (Å²) >= 11 is 3.43. The number of amides is 2. The Kier molecular flexibility index (Phi) is 15.0. The molecule has 0 saturated carbocycles. The molecule has 0 fully saturated rings. The number of urea groups is 1. The molecule has 0 radical (unpaired) electrons. The lowest BCUT2D eigenvalue weighted by molar-refractivity contribution is -0.159. The average Bonchev–Trinajstić information content (AvgIpc) is 2.80. The number of rotatable bonds is 14. The van der Waals surface area contributed by atoms with Gasteiger partial charge in [-0.15, -0.1) is 0 Å². The molecule has 0 aliphatic rings. The minimum atomic E-state index is -1.13. The SMILES string of the molecule is CC(C)(C)OC(=O)CCC(NC(=O)NC(CCCCNCc1ccc(Br)cc1)C(=O)OC(C)(C)C)C(=O)OC(C)(C)C. The molecule has 0 spiro atoms. The molecule has 0 saturated heterocycles. The van der Waals surface area contributed by atoms with Crippen molar-refractivity contribution in [1.29, 1.82) is 0 Å². The topological polar surface area (TPSA) is 132 Å². The van der Waals surface area contributed by atoms with Crippen LogP contribution >= 0.6 is 15.9 Å². The first-order valence-corrected chi connectivity index (χ1v) is 15.2. The van der Waals surface area contributed by atoms with Gasteiger partial charge in [0, 0.05) is 17.4 Å². The number of halogens is 1. The number of hydrogen-bond acceptors (Lipinski definition) is 8. The summed E-state index contributed by atoms with van der Waals surface area (Å²) in [6.07, 6.45) is 1.63. The molecule has 10 nitrogen and oxygen atoms in total. The number of carbonyl (C=O) groups excluding carboxylic acids is 4. The largest absolute Gasteiger partial charge is 0.460 e. The second-order valence-corrected chi connectivity index (χ2v) is 14.1. The molecule has 2 amide bonds. The van der Waals surface area contributed by atoms with Crippen molar-refractivity contribution < 1.29 is 33.4 Å². The summed E-state index contributed by atoms with van der Waals surface area (Å²) in [6.45, 7) is 17.1. The summed E-state index contributed by atoms with van der Waals surface area (Å²) < 4.78 is 17.3. The molecule has 3 N–H and O–H groups in total. The maximum atomic E-state index is 13.0. The summed E-state index contributed by atoms with van der Waals surface area (Å²) in [4.78, 5) is 51.1. The minimum absolute atomic E-state index is 0.0294. The van der Waals surface area contributed by atoms with Gasteiger partial charge >= 0.3 is 23.9 Å². The lowest BCUT2D eigenvalue weighted by Gasteiger charge is -2.27. The highest BCUT2D eigenvalue weighted by Gasteiger charge is 2.31. The van der Waals surface area contributed by atoms with Gasteiger partial charge in [0.15, 0.2) is 0 Å². The minimum Gasteiger partial charge on any atom is -0.460 e. The summed E-state index contributed by atoms with van der Waals surface area (Å²) in [5.74, 6) is -1.76. The van der Waals surface area contributed by atoms with E-state index in [1.165, 1.54) is 0 Å². The third kappa shape index (κ3) is 18.0. The van der Waals surface area contributed by atoms with Crippen LogP contribution in [0.2, 0.25) is 0 Å². The number of nitrogens with one attached hydrogen (secondary N) is 3. The standard InChI is InChI=1S/C31H50BrN3O7/c1-29(2,3)40-25(36)18-17-24(27(38)42-31(7,8)9)35-28(39)34-23(26(37)41-30(4,5)6)12-10-11-19-33-20-21-13-15-22(32)16-14-21/h13-16,23-24,33H,10-12,17-20H2,1-9H3,(H2,34,35,39). The van der Waals surface area contributed by atoms with Gasteiger partial charge in [-0.3, -0.25) is 4.79 Å². The van der Waals surface area contributed by atoms with Crippen LogP contribution in [0.5, 0.6) is 0 Å². The zero-order valence-electron chi connectivity index (χ0n) is 26.6. The van der Waals surface area contributed by atoms with E-state index in [0.717, 1.165) is 29.5 Å². The third-order valence-corrected chi connectivity index (χ3v) is 5.92. The van der Waals surface area contributed by atoms with Crippen LogP contribution in [0.4, 0.5) is 4.79 Å². The Balaban J connectivity index is 2.80. The van der Waals surface area contributed by atoms with Gasteiger partial charge in [0.25, 0.3) is 0 Å². The highest BCUT2D eigenvalue weighted by molar-refractivity contribution is 9.10. The van der Waals surface area contributed by atoms with Crippen LogP contribution in [-0.4, -0.2) is 59.4 Å². The van der Waals surface area contributed by atoms with E-state index in [9.17, 15) is 19.2 Å². The van der Waals surface area contributed by atoms with Crippen LogP contribution in [0.15, 0.2) is 28.7 Å². The molecule has 0 aliphatic heterocycles. The van der Waals surface area contributed by atoms with Crippen molar-refractivity contribution in [3.05, 3.63) is 34.3 Å². The van der Waals surface area contributed by atoms with E-state index in [4.69, 9.17) is 14.2 Å². The molecule has 2 atom stereocenters. The van der Waals surface area contributed by atoms with Crippen LogP contribution in [0.25, 0.3) is 0 Å². The van der Waals surface area contributed by atoms with E-state index in [-0.39, 0.29) is 12.8 Å². The number of esters is 3. The molecule has 0 aromatic heterocycles. The van der Waals surface area contributed by atoms with Crippen LogP contribution in [0.1, 0.15) is 100.0 Å². The Morgan fingerprint density at radius 2 is 1.19 bits per heavy atom. The monoisotopic (exact) mass is 655 g/mol. The average molecular weight is 657 g/mol. The highest BCUT2D eigenvalue weighted by Crippen LogP contribution is 2.15. The Bertz CT molecular complexity index is 1020. The van der Waals surface area contributed by atoms with Crippen LogP contribution in [-0.2, 0) is 35.1 Å². The smallest absolute Gasteiger partial charge is 0.329 e. The second kappa shape index (κ2) is 16.8. The first-order valence-electron chi connectivity index (χ1n) is 14.4. The van der Waals surface area contributed by atoms with E-state index in [0.29, 0.717) is 12.8 Å². The molecule has 1 aromatic carbocycles. The first kappa shape index (κ1) is 37.4. The summed E-state index contributed by atoms with van der Waals surface area (Å²) in [5, 5.41) is 8.62.